The van der Waals surface area contributed by atoms with Gasteiger partial charge in [-0.2, -0.15) is 4.31 Å². The van der Waals surface area contributed by atoms with Crippen molar-refractivity contribution in [3.8, 4) is 5.88 Å². The van der Waals surface area contributed by atoms with E-state index in [-0.39, 0.29) is 13.1 Å². The fraction of sp³-hybridized carbons (Fsp3) is 0.333. The first kappa shape index (κ1) is 16.7. The smallest absolute Gasteiger partial charge is 0.246 e. The summed E-state index contributed by atoms with van der Waals surface area (Å²) in [7, 11) is -4.14. The lowest BCUT2D eigenvalue weighted by atomic mass is 10.1. The zero-order valence-corrected chi connectivity index (χ0v) is 13.4. The van der Waals surface area contributed by atoms with E-state index in [1.165, 1.54) is 18.6 Å². The maximum Gasteiger partial charge on any atom is 0.246 e. The van der Waals surface area contributed by atoms with Gasteiger partial charge < -0.3 is 4.74 Å². The van der Waals surface area contributed by atoms with Gasteiger partial charge in [0.15, 0.2) is 0 Å². The molecule has 1 aliphatic rings. The average Bonchev–Trinajstić information content (AvgIpc) is 2.58. The molecule has 1 aromatic carbocycles. The van der Waals surface area contributed by atoms with Crippen LogP contribution in [0.1, 0.15) is 12.8 Å². The van der Waals surface area contributed by atoms with Gasteiger partial charge in [-0.1, -0.05) is 0 Å². The highest BCUT2D eigenvalue weighted by molar-refractivity contribution is 7.89. The van der Waals surface area contributed by atoms with Crippen molar-refractivity contribution in [1.29, 1.82) is 0 Å². The van der Waals surface area contributed by atoms with Gasteiger partial charge in [0.05, 0.1) is 12.7 Å². The van der Waals surface area contributed by atoms with Crippen molar-refractivity contribution in [1.82, 2.24) is 14.3 Å². The molecule has 0 spiro atoms. The second-order valence-electron chi connectivity index (χ2n) is 5.36. The lowest BCUT2D eigenvalue weighted by molar-refractivity contribution is 0.124. The van der Waals surface area contributed by atoms with Crippen molar-refractivity contribution in [2.75, 3.05) is 13.1 Å². The van der Waals surface area contributed by atoms with Crippen LogP contribution in [0.25, 0.3) is 0 Å². The Labute approximate surface area is 138 Å². The normalized spacial score (nSPS) is 19.2. The predicted octanol–water partition coefficient (Wildman–Crippen LogP) is 1.99. The molecule has 24 heavy (non-hydrogen) atoms. The molecule has 1 fully saturated rings. The molecule has 6 nitrogen and oxygen atoms in total. The van der Waals surface area contributed by atoms with Gasteiger partial charge >= 0.3 is 0 Å². The highest BCUT2D eigenvalue weighted by Gasteiger charge is 2.33. The minimum Gasteiger partial charge on any atom is -0.472 e. The Morgan fingerprint density at radius 2 is 2.08 bits per heavy atom. The van der Waals surface area contributed by atoms with E-state index >= 15 is 0 Å². The number of sulfonamides is 1. The monoisotopic (exact) mass is 355 g/mol. The van der Waals surface area contributed by atoms with Crippen LogP contribution in [0.4, 0.5) is 8.78 Å². The van der Waals surface area contributed by atoms with Crippen LogP contribution < -0.4 is 4.74 Å². The van der Waals surface area contributed by atoms with Crippen LogP contribution in [0.15, 0.2) is 41.7 Å². The van der Waals surface area contributed by atoms with E-state index in [0.717, 1.165) is 16.4 Å². The summed E-state index contributed by atoms with van der Waals surface area (Å²) in [5.74, 6) is -1.49. The molecule has 2 heterocycles. The number of ether oxygens (including phenoxy) is 1. The Morgan fingerprint density at radius 1 is 1.25 bits per heavy atom. The summed E-state index contributed by atoms with van der Waals surface area (Å²) in [6.45, 7) is 0.257. The summed E-state index contributed by atoms with van der Waals surface area (Å²) in [5, 5.41) is 0. The highest BCUT2D eigenvalue weighted by Crippen LogP contribution is 2.25. The van der Waals surface area contributed by atoms with E-state index in [1.54, 1.807) is 0 Å². The van der Waals surface area contributed by atoms with Crippen LogP contribution in [-0.2, 0) is 10.0 Å². The van der Waals surface area contributed by atoms with Crippen LogP contribution in [0, 0.1) is 11.6 Å². The number of benzene rings is 1. The van der Waals surface area contributed by atoms with Crippen molar-refractivity contribution >= 4 is 10.0 Å². The second kappa shape index (κ2) is 6.78. The largest absolute Gasteiger partial charge is 0.472 e. The quantitative estimate of drug-likeness (QED) is 0.839. The third-order valence-corrected chi connectivity index (χ3v) is 5.56. The molecule has 1 atom stereocenters. The number of hydrogen-bond acceptors (Lipinski definition) is 5. The van der Waals surface area contributed by atoms with Crippen molar-refractivity contribution in [2.45, 2.75) is 23.8 Å². The van der Waals surface area contributed by atoms with Gasteiger partial charge in [-0.15, -0.1) is 0 Å². The first-order chi connectivity index (χ1) is 11.5. The molecule has 0 aliphatic carbocycles. The van der Waals surface area contributed by atoms with E-state index in [4.69, 9.17) is 4.74 Å². The highest BCUT2D eigenvalue weighted by atomic mass is 32.2. The Kier molecular flexibility index (Phi) is 4.72. The predicted molar refractivity (Wildman–Crippen MR) is 80.8 cm³/mol. The van der Waals surface area contributed by atoms with Gasteiger partial charge in [-0.25, -0.2) is 22.2 Å². The molecule has 9 heteroatoms. The maximum atomic E-state index is 13.8. The molecule has 3 rings (SSSR count). The Morgan fingerprint density at radius 3 is 2.83 bits per heavy atom. The van der Waals surface area contributed by atoms with Gasteiger partial charge in [0, 0.05) is 18.9 Å². The zero-order valence-electron chi connectivity index (χ0n) is 12.6. The molecular formula is C15H15F2N3O3S. The van der Waals surface area contributed by atoms with E-state index in [2.05, 4.69) is 9.97 Å². The maximum absolute atomic E-state index is 13.8. The fourth-order valence-corrected chi connectivity index (χ4v) is 4.14. The third kappa shape index (κ3) is 3.51. The molecular weight excluding hydrogens is 340 g/mol. The summed E-state index contributed by atoms with van der Waals surface area (Å²) in [6, 6.07) is 2.38. The molecule has 0 saturated carbocycles. The summed E-state index contributed by atoms with van der Waals surface area (Å²) >= 11 is 0. The van der Waals surface area contributed by atoms with Crippen LogP contribution in [0.2, 0.25) is 0 Å². The van der Waals surface area contributed by atoms with Crippen LogP contribution in [0.5, 0.6) is 5.88 Å². The van der Waals surface area contributed by atoms with Gasteiger partial charge in [0.2, 0.25) is 15.9 Å². The van der Waals surface area contributed by atoms with Crippen LogP contribution in [0.3, 0.4) is 0 Å². The van der Waals surface area contributed by atoms with Crippen molar-refractivity contribution in [2.24, 2.45) is 0 Å². The second-order valence-corrected chi connectivity index (χ2v) is 7.27. The molecule has 0 radical (unpaired) electrons. The number of aromatic nitrogens is 2. The lowest BCUT2D eigenvalue weighted by Crippen LogP contribution is -2.44. The molecule has 1 aliphatic heterocycles. The average molecular weight is 355 g/mol. The lowest BCUT2D eigenvalue weighted by Gasteiger charge is -2.31. The number of halogens is 2. The minimum atomic E-state index is -4.14. The van der Waals surface area contributed by atoms with Crippen molar-refractivity contribution in [3.63, 3.8) is 0 Å². The van der Waals surface area contributed by atoms with E-state index in [1.807, 2.05) is 0 Å². The summed E-state index contributed by atoms with van der Waals surface area (Å²) < 4.78 is 59.1. The van der Waals surface area contributed by atoms with Crippen molar-refractivity contribution in [3.05, 3.63) is 48.4 Å². The molecule has 128 valence electrons. The Bertz CT molecular complexity index is 818. The summed E-state index contributed by atoms with van der Waals surface area (Å²) in [4.78, 5) is 7.19. The molecule has 1 unspecified atom stereocenters. The van der Waals surface area contributed by atoms with E-state index < -0.39 is 32.7 Å². The standard InChI is InChI=1S/C15H15F2N3O3S/c16-11-3-4-13(17)14(8-11)24(21,22)20-7-1-2-12(10-20)23-15-9-18-5-6-19-15/h3-6,8-9,12H,1-2,7,10H2. The Hall–Kier alpha value is -2.13. The molecule has 2 aromatic rings. The number of piperidine rings is 1. The van der Waals surface area contributed by atoms with E-state index in [9.17, 15) is 17.2 Å². The molecule has 0 bridgehead atoms. The van der Waals surface area contributed by atoms with Gasteiger partial charge in [0.1, 0.15) is 22.6 Å². The minimum absolute atomic E-state index is 0.0366. The number of rotatable bonds is 4. The first-order valence-electron chi connectivity index (χ1n) is 7.35. The van der Waals surface area contributed by atoms with E-state index in [0.29, 0.717) is 24.8 Å². The molecule has 1 aromatic heterocycles. The first-order valence-corrected chi connectivity index (χ1v) is 8.79. The molecule has 1 saturated heterocycles. The fourth-order valence-electron chi connectivity index (χ4n) is 2.55. The van der Waals surface area contributed by atoms with Gasteiger partial charge in [-0.05, 0) is 31.0 Å². The van der Waals surface area contributed by atoms with Gasteiger partial charge in [0.25, 0.3) is 0 Å². The summed E-state index contributed by atoms with van der Waals surface area (Å²) in [5.41, 5.74) is 0. The molecule has 0 amide bonds. The number of hydrogen-bond donors (Lipinski definition) is 0. The third-order valence-electron chi connectivity index (χ3n) is 3.68. The SMILES string of the molecule is O=S(=O)(c1cc(F)ccc1F)N1CCCC(Oc2cnccn2)C1. The Balaban J connectivity index is 1.79. The number of nitrogens with zero attached hydrogens (tertiary/aromatic N) is 3. The molecule has 0 N–H and O–H groups in total. The zero-order chi connectivity index (χ0) is 17.2. The van der Waals surface area contributed by atoms with Crippen LogP contribution in [-0.4, -0.2) is 41.9 Å². The topological polar surface area (TPSA) is 72.4 Å². The summed E-state index contributed by atoms with van der Waals surface area (Å²) in [6.07, 6.45) is 5.14. The van der Waals surface area contributed by atoms with Gasteiger partial charge in [-0.3, -0.25) is 4.98 Å². The van der Waals surface area contributed by atoms with Crippen molar-refractivity contribution < 1.29 is 21.9 Å². The van der Waals surface area contributed by atoms with Crippen LogP contribution >= 0.6 is 0 Å².